The molecular formula is C18H15ClN2O3. The third-order valence-corrected chi connectivity index (χ3v) is 3.83. The van der Waals surface area contributed by atoms with Crippen molar-refractivity contribution in [3.8, 4) is 6.07 Å². The maximum Gasteiger partial charge on any atom is 0.340 e. The van der Waals surface area contributed by atoms with Gasteiger partial charge in [0.05, 0.1) is 12.7 Å². The van der Waals surface area contributed by atoms with Gasteiger partial charge < -0.3 is 9.72 Å². The molecular weight excluding hydrogens is 328 g/mol. The largest absolute Gasteiger partial charge is 0.465 e. The second-order valence-corrected chi connectivity index (χ2v) is 5.60. The number of halogens is 1. The summed E-state index contributed by atoms with van der Waals surface area (Å²) in [7, 11) is 1.28. The number of Topliss-reactive ketones (excluding diaryl/α,β-unsaturated/α-hetero) is 1. The average Bonchev–Trinajstić information content (AvgIpc) is 2.85. The van der Waals surface area contributed by atoms with Crippen molar-refractivity contribution in [2.24, 2.45) is 0 Å². The Kier molecular flexibility index (Phi) is 5.22. The summed E-state index contributed by atoms with van der Waals surface area (Å²) in [5, 5.41) is 9.87. The van der Waals surface area contributed by atoms with E-state index >= 15 is 0 Å². The van der Waals surface area contributed by atoms with E-state index in [0.29, 0.717) is 33.1 Å². The van der Waals surface area contributed by atoms with Crippen molar-refractivity contribution in [1.29, 1.82) is 5.26 Å². The number of ether oxygens (including phenoxy) is 1. The van der Waals surface area contributed by atoms with Gasteiger partial charge in [0.1, 0.15) is 11.6 Å². The van der Waals surface area contributed by atoms with Gasteiger partial charge in [-0.05, 0) is 44.2 Å². The number of hydrogen-bond acceptors (Lipinski definition) is 4. The molecule has 0 bridgehead atoms. The molecule has 0 aliphatic carbocycles. The number of rotatable bonds is 4. The zero-order valence-corrected chi connectivity index (χ0v) is 14.2. The molecule has 0 aliphatic heterocycles. The molecule has 1 N–H and O–H groups in total. The van der Waals surface area contributed by atoms with E-state index in [1.807, 2.05) is 6.07 Å². The summed E-state index contributed by atoms with van der Waals surface area (Å²) in [5.41, 5.74) is 2.33. The lowest BCUT2D eigenvalue weighted by atomic mass is 10.00. The lowest BCUT2D eigenvalue weighted by Crippen LogP contribution is -2.05. The van der Waals surface area contributed by atoms with E-state index in [-0.39, 0.29) is 5.57 Å². The van der Waals surface area contributed by atoms with Crippen LogP contribution in [0.5, 0.6) is 0 Å². The van der Waals surface area contributed by atoms with E-state index < -0.39 is 11.8 Å². The van der Waals surface area contributed by atoms with Crippen LogP contribution < -0.4 is 0 Å². The fourth-order valence-corrected chi connectivity index (χ4v) is 2.52. The summed E-state index contributed by atoms with van der Waals surface area (Å²) >= 11 is 5.81. The molecule has 0 atom stereocenters. The van der Waals surface area contributed by atoms with Crippen molar-refractivity contribution in [2.75, 3.05) is 7.11 Å². The van der Waals surface area contributed by atoms with Gasteiger partial charge in [-0.1, -0.05) is 11.6 Å². The minimum Gasteiger partial charge on any atom is -0.465 e. The Labute approximate surface area is 144 Å². The summed E-state index contributed by atoms with van der Waals surface area (Å²) in [6.07, 6.45) is 1.40. The number of esters is 1. The summed E-state index contributed by atoms with van der Waals surface area (Å²) in [6, 6.07) is 8.15. The van der Waals surface area contributed by atoms with Crippen molar-refractivity contribution in [3.63, 3.8) is 0 Å². The first-order valence-electron chi connectivity index (χ1n) is 7.08. The third-order valence-electron chi connectivity index (χ3n) is 3.57. The van der Waals surface area contributed by atoms with Gasteiger partial charge in [0, 0.05) is 27.5 Å². The molecule has 5 nitrogen and oxygen atoms in total. The summed E-state index contributed by atoms with van der Waals surface area (Å²) in [4.78, 5) is 27.5. The predicted molar refractivity (Wildman–Crippen MR) is 91.0 cm³/mol. The Hall–Kier alpha value is -2.84. The number of nitrogens with one attached hydrogen (secondary N) is 1. The first kappa shape index (κ1) is 17.5. The van der Waals surface area contributed by atoms with Crippen LogP contribution in [0.15, 0.2) is 29.8 Å². The number of ketones is 1. The molecule has 1 aromatic carbocycles. The van der Waals surface area contributed by atoms with Gasteiger partial charge in [-0.3, -0.25) is 4.79 Å². The summed E-state index contributed by atoms with van der Waals surface area (Å²) in [5.74, 6) is -0.970. The van der Waals surface area contributed by atoms with Crippen LogP contribution in [0, 0.1) is 25.2 Å². The van der Waals surface area contributed by atoms with E-state index in [1.165, 1.54) is 13.2 Å². The topological polar surface area (TPSA) is 82.9 Å². The lowest BCUT2D eigenvalue weighted by Gasteiger charge is -2.03. The molecule has 1 heterocycles. The Morgan fingerprint density at radius 3 is 2.38 bits per heavy atom. The fraction of sp³-hybridized carbons (Fsp3) is 0.167. The Morgan fingerprint density at radius 1 is 1.21 bits per heavy atom. The van der Waals surface area contributed by atoms with Crippen LogP contribution in [-0.4, -0.2) is 23.8 Å². The van der Waals surface area contributed by atoms with Crippen molar-refractivity contribution >= 4 is 29.4 Å². The highest BCUT2D eigenvalue weighted by Crippen LogP contribution is 2.23. The van der Waals surface area contributed by atoms with Gasteiger partial charge in [-0.15, -0.1) is 0 Å². The molecule has 0 spiro atoms. The molecule has 122 valence electrons. The number of hydrogen-bond donors (Lipinski definition) is 1. The molecule has 24 heavy (non-hydrogen) atoms. The van der Waals surface area contributed by atoms with E-state index in [9.17, 15) is 14.9 Å². The molecule has 0 saturated heterocycles. The molecule has 2 aromatic rings. The van der Waals surface area contributed by atoms with Crippen LogP contribution >= 0.6 is 11.6 Å². The summed E-state index contributed by atoms with van der Waals surface area (Å²) < 4.78 is 4.77. The monoisotopic (exact) mass is 342 g/mol. The number of carbonyl (C=O) groups excluding carboxylic acids is 2. The molecule has 0 unspecified atom stereocenters. The van der Waals surface area contributed by atoms with Crippen molar-refractivity contribution < 1.29 is 14.3 Å². The van der Waals surface area contributed by atoms with Gasteiger partial charge in [0.25, 0.3) is 0 Å². The average molecular weight is 343 g/mol. The standard InChI is InChI=1S/C18H15ClN2O3/c1-10-15(16(11(2)21-10)18(23)24-3)8-13(9-20)17(22)12-4-6-14(19)7-5-12/h4-8,21H,1-3H3. The van der Waals surface area contributed by atoms with Crippen molar-refractivity contribution in [3.05, 3.63) is 62.9 Å². The van der Waals surface area contributed by atoms with E-state index in [1.54, 1.807) is 38.1 Å². The number of allylic oxidation sites excluding steroid dienone is 1. The fourth-order valence-electron chi connectivity index (χ4n) is 2.40. The smallest absolute Gasteiger partial charge is 0.340 e. The van der Waals surface area contributed by atoms with E-state index in [0.717, 1.165) is 0 Å². The van der Waals surface area contributed by atoms with Crippen LogP contribution in [-0.2, 0) is 4.74 Å². The highest BCUT2D eigenvalue weighted by atomic mass is 35.5. The van der Waals surface area contributed by atoms with Crippen molar-refractivity contribution in [2.45, 2.75) is 13.8 Å². The van der Waals surface area contributed by atoms with Crippen LogP contribution in [0.1, 0.15) is 37.7 Å². The molecule has 0 amide bonds. The minimum atomic E-state index is -0.528. The number of aromatic amines is 1. The number of nitrogens with zero attached hydrogens (tertiary/aromatic N) is 1. The zero-order chi connectivity index (χ0) is 17.9. The van der Waals surface area contributed by atoms with Crippen molar-refractivity contribution in [1.82, 2.24) is 4.98 Å². The molecule has 0 aliphatic rings. The number of methoxy groups -OCH3 is 1. The van der Waals surface area contributed by atoms with E-state index in [4.69, 9.17) is 16.3 Å². The third kappa shape index (κ3) is 3.39. The van der Waals surface area contributed by atoms with Crippen LogP contribution in [0.25, 0.3) is 6.08 Å². The van der Waals surface area contributed by atoms with Crippen LogP contribution in [0.4, 0.5) is 0 Å². The number of carbonyl (C=O) groups is 2. The highest BCUT2D eigenvalue weighted by molar-refractivity contribution is 6.30. The molecule has 1 aromatic heterocycles. The predicted octanol–water partition coefficient (Wildman–Crippen LogP) is 3.86. The second kappa shape index (κ2) is 7.16. The maximum absolute atomic E-state index is 12.5. The SMILES string of the molecule is COC(=O)c1c(C)[nH]c(C)c1C=C(C#N)C(=O)c1ccc(Cl)cc1. The van der Waals surface area contributed by atoms with Crippen LogP contribution in [0.3, 0.4) is 0 Å². The Morgan fingerprint density at radius 2 is 1.83 bits per heavy atom. The first-order valence-corrected chi connectivity index (χ1v) is 7.46. The number of benzene rings is 1. The zero-order valence-electron chi connectivity index (χ0n) is 13.4. The molecule has 0 saturated carbocycles. The maximum atomic E-state index is 12.5. The molecule has 2 rings (SSSR count). The molecule has 0 fully saturated rings. The molecule has 0 radical (unpaired) electrons. The molecule has 6 heteroatoms. The van der Waals surface area contributed by atoms with Gasteiger partial charge in [-0.2, -0.15) is 5.26 Å². The quantitative estimate of drug-likeness (QED) is 0.396. The summed E-state index contributed by atoms with van der Waals surface area (Å²) in [6.45, 7) is 3.48. The number of nitriles is 1. The highest BCUT2D eigenvalue weighted by Gasteiger charge is 2.21. The van der Waals surface area contributed by atoms with Gasteiger partial charge in [-0.25, -0.2) is 4.79 Å². The second-order valence-electron chi connectivity index (χ2n) is 5.16. The van der Waals surface area contributed by atoms with Gasteiger partial charge >= 0.3 is 5.97 Å². The number of H-pyrrole nitrogens is 1. The number of aromatic nitrogens is 1. The number of aryl methyl sites for hydroxylation is 2. The normalized spacial score (nSPS) is 11.0. The Bertz CT molecular complexity index is 871. The van der Waals surface area contributed by atoms with E-state index in [2.05, 4.69) is 4.98 Å². The first-order chi connectivity index (χ1) is 11.4. The lowest BCUT2D eigenvalue weighted by molar-refractivity contribution is 0.0599. The van der Waals surface area contributed by atoms with Gasteiger partial charge in [0.15, 0.2) is 0 Å². The van der Waals surface area contributed by atoms with Crippen LogP contribution in [0.2, 0.25) is 5.02 Å². The van der Waals surface area contributed by atoms with Gasteiger partial charge in [0.2, 0.25) is 5.78 Å². The Balaban J connectivity index is 2.52. The minimum absolute atomic E-state index is 0.0791.